The standard InChI is InChI=1S/C22H25N5O2/c1-25-8-4-18(11-21(25)28)14-26-9-5-17(6-10-26)15-27-16-24-20(12-22(27)29)19-3-2-7-23-13-19/h2-4,7-8,11-13,16-17H,5-6,9-10,14-15H2,1H3. The lowest BCUT2D eigenvalue weighted by molar-refractivity contribution is 0.166. The Morgan fingerprint density at radius 2 is 1.93 bits per heavy atom. The van der Waals surface area contributed by atoms with Crippen LogP contribution in [0.2, 0.25) is 0 Å². The van der Waals surface area contributed by atoms with Crippen LogP contribution < -0.4 is 11.1 Å². The second-order valence-electron chi connectivity index (χ2n) is 7.71. The van der Waals surface area contributed by atoms with Crippen LogP contribution in [0.1, 0.15) is 18.4 Å². The maximum absolute atomic E-state index is 12.5. The van der Waals surface area contributed by atoms with E-state index >= 15 is 0 Å². The van der Waals surface area contributed by atoms with Crippen LogP contribution in [0.25, 0.3) is 11.3 Å². The molecule has 0 atom stereocenters. The summed E-state index contributed by atoms with van der Waals surface area (Å²) >= 11 is 0. The van der Waals surface area contributed by atoms with Crippen molar-refractivity contribution in [2.24, 2.45) is 13.0 Å². The number of rotatable bonds is 5. The van der Waals surface area contributed by atoms with Gasteiger partial charge in [0.25, 0.3) is 11.1 Å². The van der Waals surface area contributed by atoms with E-state index in [9.17, 15) is 9.59 Å². The van der Waals surface area contributed by atoms with Crippen molar-refractivity contribution in [1.29, 1.82) is 0 Å². The maximum atomic E-state index is 12.5. The average Bonchev–Trinajstić information content (AvgIpc) is 2.74. The Balaban J connectivity index is 1.34. The summed E-state index contributed by atoms with van der Waals surface area (Å²) < 4.78 is 3.29. The van der Waals surface area contributed by atoms with E-state index in [1.54, 1.807) is 47.0 Å². The molecule has 0 aromatic carbocycles. The monoisotopic (exact) mass is 391 g/mol. The van der Waals surface area contributed by atoms with Crippen LogP contribution in [0.4, 0.5) is 0 Å². The van der Waals surface area contributed by atoms with Crippen molar-refractivity contribution < 1.29 is 0 Å². The normalized spacial score (nSPS) is 15.5. The van der Waals surface area contributed by atoms with Gasteiger partial charge in [-0.05, 0) is 55.6 Å². The minimum Gasteiger partial charge on any atom is -0.319 e. The van der Waals surface area contributed by atoms with Gasteiger partial charge >= 0.3 is 0 Å². The minimum absolute atomic E-state index is 0.0265. The predicted octanol–water partition coefficient (Wildman–Crippen LogP) is 1.92. The fourth-order valence-corrected chi connectivity index (χ4v) is 3.79. The lowest BCUT2D eigenvalue weighted by Crippen LogP contribution is -2.36. The van der Waals surface area contributed by atoms with Crippen LogP contribution in [0.3, 0.4) is 0 Å². The third-order valence-corrected chi connectivity index (χ3v) is 5.57. The summed E-state index contributed by atoms with van der Waals surface area (Å²) in [5.74, 6) is 0.457. The van der Waals surface area contributed by atoms with E-state index in [4.69, 9.17) is 0 Å². The zero-order chi connectivity index (χ0) is 20.2. The first kappa shape index (κ1) is 19.3. The van der Waals surface area contributed by atoms with Crippen molar-refractivity contribution in [2.75, 3.05) is 13.1 Å². The van der Waals surface area contributed by atoms with Gasteiger partial charge in [-0.15, -0.1) is 0 Å². The summed E-state index contributed by atoms with van der Waals surface area (Å²) in [6, 6.07) is 9.03. The highest BCUT2D eigenvalue weighted by Gasteiger charge is 2.20. The molecule has 7 nitrogen and oxygen atoms in total. The fraction of sp³-hybridized carbons (Fsp3) is 0.364. The minimum atomic E-state index is -0.0265. The molecule has 150 valence electrons. The van der Waals surface area contributed by atoms with E-state index in [2.05, 4.69) is 14.9 Å². The Morgan fingerprint density at radius 1 is 1.10 bits per heavy atom. The molecule has 3 aromatic heterocycles. The molecule has 4 heterocycles. The van der Waals surface area contributed by atoms with Gasteiger partial charge < -0.3 is 4.57 Å². The number of nitrogens with zero attached hydrogens (tertiary/aromatic N) is 5. The summed E-state index contributed by atoms with van der Waals surface area (Å²) in [7, 11) is 1.76. The number of aryl methyl sites for hydroxylation is 1. The van der Waals surface area contributed by atoms with Crippen molar-refractivity contribution in [3.63, 3.8) is 0 Å². The molecule has 1 saturated heterocycles. The van der Waals surface area contributed by atoms with Crippen LogP contribution in [0, 0.1) is 5.92 Å². The molecule has 0 bridgehead atoms. The summed E-state index contributed by atoms with van der Waals surface area (Å²) in [6.45, 7) is 3.43. The zero-order valence-corrected chi connectivity index (χ0v) is 16.6. The Kier molecular flexibility index (Phi) is 5.67. The first-order valence-corrected chi connectivity index (χ1v) is 9.93. The Bertz CT molecular complexity index is 1080. The second-order valence-corrected chi connectivity index (χ2v) is 7.71. The second kappa shape index (κ2) is 8.53. The summed E-state index contributed by atoms with van der Waals surface area (Å²) in [4.78, 5) is 35.2. The summed E-state index contributed by atoms with van der Waals surface area (Å²) in [5.41, 5.74) is 2.56. The number of likely N-dealkylation sites (tertiary alicyclic amines) is 1. The van der Waals surface area contributed by atoms with Crippen molar-refractivity contribution in [2.45, 2.75) is 25.9 Å². The largest absolute Gasteiger partial charge is 0.319 e. The van der Waals surface area contributed by atoms with Crippen molar-refractivity contribution in [3.8, 4) is 11.3 Å². The lowest BCUT2D eigenvalue weighted by atomic mass is 9.96. The molecule has 4 rings (SSSR count). The van der Waals surface area contributed by atoms with E-state index in [1.165, 1.54) is 0 Å². The molecule has 1 fully saturated rings. The van der Waals surface area contributed by atoms with Gasteiger partial charge in [0.2, 0.25) is 0 Å². The number of hydrogen-bond donors (Lipinski definition) is 0. The van der Waals surface area contributed by atoms with Crippen LogP contribution in [-0.2, 0) is 20.1 Å². The predicted molar refractivity (Wildman–Crippen MR) is 111 cm³/mol. The molecule has 1 aliphatic heterocycles. The molecule has 0 aliphatic carbocycles. The highest BCUT2D eigenvalue weighted by molar-refractivity contribution is 5.56. The number of pyridine rings is 2. The van der Waals surface area contributed by atoms with Crippen LogP contribution in [0.5, 0.6) is 0 Å². The van der Waals surface area contributed by atoms with E-state index in [0.29, 0.717) is 18.2 Å². The van der Waals surface area contributed by atoms with Crippen LogP contribution in [-0.4, -0.2) is 37.1 Å². The molecule has 0 spiro atoms. The van der Waals surface area contributed by atoms with E-state index < -0.39 is 0 Å². The smallest absolute Gasteiger partial charge is 0.253 e. The highest BCUT2D eigenvalue weighted by Crippen LogP contribution is 2.20. The van der Waals surface area contributed by atoms with Crippen molar-refractivity contribution in [3.05, 3.63) is 81.5 Å². The van der Waals surface area contributed by atoms with Crippen LogP contribution >= 0.6 is 0 Å². The van der Waals surface area contributed by atoms with Gasteiger partial charge in [-0.1, -0.05) is 0 Å². The molecule has 29 heavy (non-hydrogen) atoms. The maximum Gasteiger partial charge on any atom is 0.253 e. The van der Waals surface area contributed by atoms with Crippen LogP contribution in [0.15, 0.2) is 64.8 Å². The van der Waals surface area contributed by atoms with Crippen molar-refractivity contribution in [1.82, 2.24) is 24.0 Å². The molecule has 0 amide bonds. The number of hydrogen-bond acceptors (Lipinski definition) is 5. The van der Waals surface area contributed by atoms with E-state index in [-0.39, 0.29) is 11.1 Å². The number of aromatic nitrogens is 4. The Hall–Kier alpha value is -3.06. The van der Waals surface area contributed by atoms with Gasteiger partial charge in [0.05, 0.1) is 12.0 Å². The molecule has 0 saturated carbocycles. The first-order chi connectivity index (χ1) is 14.1. The SMILES string of the molecule is Cn1ccc(CN2CCC(Cn3cnc(-c4cccnc4)cc3=O)CC2)cc1=O. The quantitative estimate of drug-likeness (QED) is 0.664. The fourth-order valence-electron chi connectivity index (χ4n) is 3.79. The topological polar surface area (TPSA) is 73.0 Å². The molecule has 1 aliphatic rings. The van der Waals surface area contributed by atoms with Crippen molar-refractivity contribution >= 4 is 0 Å². The first-order valence-electron chi connectivity index (χ1n) is 9.93. The summed E-state index contributed by atoms with van der Waals surface area (Å²) in [6.07, 6.45) is 8.94. The van der Waals surface area contributed by atoms with Gasteiger partial charge in [-0.25, -0.2) is 4.98 Å². The number of piperidine rings is 1. The molecule has 3 aromatic rings. The molecule has 0 N–H and O–H groups in total. The van der Waals surface area contributed by atoms with E-state index in [1.807, 2.05) is 24.4 Å². The molecule has 7 heteroatoms. The van der Waals surface area contributed by atoms with Gasteiger partial charge in [0, 0.05) is 56.4 Å². The molecular weight excluding hydrogens is 366 g/mol. The third-order valence-electron chi connectivity index (χ3n) is 5.57. The van der Waals surface area contributed by atoms with Gasteiger partial charge in [-0.3, -0.25) is 24.0 Å². The van der Waals surface area contributed by atoms with Gasteiger partial charge in [0.1, 0.15) is 0 Å². The summed E-state index contributed by atoms with van der Waals surface area (Å²) in [5, 5.41) is 0. The molecular formula is C22H25N5O2. The zero-order valence-electron chi connectivity index (χ0n) is 16.6. The molecule has 0 unspecified atom stereocenters. The van der Waals surface area contributed by atoms with Gasteiger partial charge in [0.15, 0.2) is 0 Å². The molecule has 0 radical (unpaired) electrons. The average molecular weight is 391 g/mol. The lowest BCUT2D eigenvalue weighted by Gasteiger charge is -2.32. The third kappa shape index (κ3) is 4.68. The Morgan fingerprint density at radius 3 is 2.62 bits per heavy atom. The Labute approximate surface area is 169 Å². The van der Waals surface area contributed by atoms with E-state index in [0.717, 1.165) is 43.6 Å². The van der Waals surface area contributed by atoms with Gasteiger partial charge in [-0.2, -0.15) is 0 Å². The highest BCUT2D eigenvalue weighted by atomic mass is 16.1.